The molecule has 0 radical (unpaired) electrons. The Hall–Kier alpha value is -3.28. The van der Waals surface area contributed by atoms with Crippen LogP contribution in [0.25, 0.3) is 0 Å². The van der Waals surface area contributed by atoms with Gasteiger partial charge in [-0.3, -0.25) is 0 Å². The van der Waals surface area contributed by atoms with Crippen molar-refractivity contribution in [2.75, 3.05) is 48.4 Å². The SMILES string of the molecule is COc1ccccc1N1CCN(c2cc(Nc3ccccc3C)ncn2)CC1. The molecule has 6 nitrogen and oxygen atoms in total. The number of nitrogens with zero attached hydrogens (tertiary/aromatic N) is 4. The van der Waals surface area contributed by atoms with Gasteiger partial charge in [-0.1, -0.05) is 30.3 Å². The highest BCUT2D eigenvalue weighted by Crippen LogP contribution is 2.29. The molecule has 0 amide bonds. The fraction of sp³-hybridized carbons (Fsp3) is 0.273. The van der Waals surface area contributed by atoms with Crippen LogP contribution in [-0.2, 0) is 0 Å². The maximum Gasteiger partial charge on any atom is 0.142 e. The molecule has 2 heterocycles. The fourth-order valence-corrected chi connectivity index (χ4v) is 3.51. The van der Waals surface area contributed by atoms with E-state index in [4.69, 9.17) is 4.74 Å². The van der Waals surface area contributed by atoms with E-state index in [2.05, 4.69) is 56.3 Å². The Morgan fingerprint density at radius 3 is 2.39 bits per heavy atom. The lowest BCUT2D eigenvalue weighted by Gasteiger charge is -2.37. The van der Waals surface area contributed by atoms with Gasteiger partial charge in [0, 0.05) is 37.9 Å². The zero-order valence-electron chi connectivity index (χ0n) is 16.3. The van der Waals surface area contributed by atoms with E-state index in [-0.39, 0.29) is 0 Å². The molecule has 0 unspecified atom stereocenters. The van der Waals surface area contributed by atoms with Crippen molar-refractivity contribution >= 4 is 23.0 Å². The predicted octanol–water partition coefficient (Wildman–Crippen LogP) is 3.86. The fourth-order valence-electron chi connectivity index (χ4n) is 3.51. The van der Waals surface area contributed by atoms with Crippen molar-refractivity contribution < 1.29 is 4.74 Å². The van der Waals surface area contributed by atoms with Gasteiger partial charge in [-0.25, -0.2) is 9.97 Å². The summed E-state index contributed by atoms with van der Waals surface area (Å²) in [6, 6.07) is 18.4. The van der Waals surface area contributed by atoms with E-state index in [1.54, 1.807) is 13.4 Å². The molecule has 4 rings (SSSR count). The summed E-state index contributed by atoms with van der Waals surface area (Å²) in [6.07, 6.45) is 1.63. The summed E-state index contributed by atoms with van der Waals surface area (Å²) in [6.45, 7) is 5.73. The molecule has 1 aliphatic rings. The number of para-hydroxylation sites is 3. The molecular formula is C22H25N5O. The molecular weight excluding hydrogens is 350 g/mol. The number of ether oxygens (including phenoxy) is 1. The van der Waals surface area contributed by atoms with Crippen LogP contribution in [0.15, 0.2) is 60.9 Å². The van der Waals surface area contributed by atoms with Gasteiger partial charge in [-0.15, -0.1) is 0 Å². The van der Waals surface area contributed by atoms with Crippen LogP contribution in [0.5, 0.6) is 5.75 Å². The first kappa shape index (κ1) is 18.1. The molecule has 1 N–H and O–H groups in total. The number of anilines is 4. The number of aryl methyl sites for hydroxylation is 1. The van der Waals surface area contributed by atoms with Crippen LogP contribution in [0, 0.1) is 6.92 Å². The largest absolute Gasteiger partial charge is 0.495 e. The van der Waals surface area contributed by atoms with E-state index in [1.165, 1.54) is 5.56 Å². The van der Waals surface area contributed by atoms with Gasteiger partial charge < -0.3 is 19.9 Å². The van der Waals surface area contributed by atoms with Crippen molar-refractivity contribution in [1.29, 1.82) is 0 Å². The summed E-state index contributed by atoms with van der Waals surface area (Å²) < 4.78 is 5.51. The third kappa shape index (κ3) is 3.86. The Morgan fingerprint density at radius 2 is 1.61 bits per heavy atom. The van der Waals surface area contributed by atoms with Crippen LogP contribution in [0.4, 0.5) is 23.0 Å². The van der Waals surface area contributed by atoms with Crippen molar-refractivity contribution in [3.63, 3.8) is 0 Å². The lowest BCUT2D eigenvalue weighted by Crippen LogP contribution is -2.47. The van der Waals surface area contributed by atoms with Crippen molar-refractivity contribution in [3.05, 3.63) is 66.5 Å². The van der Waals surface area contributed by atoms with Gasteiger partial charge in [-0.05, 0) is 30.7 Å². The number of aromatic nitrogens is 2. The van der Waals surface area contributed by atoms with E-state index in [1.807, 2.05) is 30.3 Å². The van der Waals surface area contributed by atoms with Crippen molar-refractivity contribution in [3.8, 4) is 5.75 Å². The Morgan fingerprint density at radius 1 is 0.893 bits per heavy atom. The van der Waals surface area contributed by atoms with Crippen LogP contribution >= 0.6 is 0 Å². The van der Waals surface area contributed by atoms with Crippen LogP contribution in [0.2, 0.25) is 0 Å². The normalized spacial score (nSPS) is 14.1. The molecule has 6 heteroatoms. The van der Waals surface area contributed by atoms with Crippen molar-refractivity contribution in [2.45, 2.75) is 6.92 Å². The zero-order valence-corrected chi connectivity index (χ0v) is 16.3. The summed E-state index contributed by atoms with van der Waals surface area (Å²) in [5.74, 6) is 2.68. The van der Waals surface area contributed by atoms with Crippen LogP contribution in [0.3, 0.4) is 0 Å². The average Bonchev–Trinajstić information content (AvgIpc) is 2.76. The quantitative estimate of drug-likeness (QED) is 0.731. The molecule has 1 aliphatic heterocycles. The van der Waals surface area contributed by atoms with Gasteiger partial charge in [0.1, 0.15) is 23.7 Å². The first-order valence-corrected chi connectivity index (χ1v) is 9.52. The van der Waals surface area contributed by atoms with Crippen LogP contribution in [0.1, 0.15) is 5.56 Å². The van der Waals surface area contributed by atoms with Gasteiger partial charge in [0.2, 0.25) is 0 Å². The van der Waals surface area contributed by atoms with Gasteiger partial charge in [0.25, 0.3) is 0 Å². The van der Waals surface area contributed by atoms with Gasteiger partial charge in [-0.2, -0.15) is 0 Å². The van der Waals surface area contributed by atoms with E-state index < -0.39 is 0 Å². The monoisotopic (exact) mass is 375 g/mol. The Kier molecular flexibility index (Phi) is 5.28. The highest BCUT2D eigenvalue weighted by atomic mass is 16.5. The molecule has 1 aromatic heterocycles. The predicted molar refractivity (Wildman–Crippen MR) is 114 cm³/mol. The molecule has 28 heavy (non-hydrogen) atoms. The number of methoxy groups -OCH3 is 1. The first-order valence-electron chi connectivity index (χ1n) is 9.52. The number of benzene rings is 2. The van der Waals surface area contributed by atoms with Crippen LogP contribution < -0.4 is 19.9 Å². The van der Waals surface area contributed by atoms with E-state index >= 15 is 0 Å². The van der Waals surface area contributed by atoms with Crippen LogP contribution in [-0.4, -0.2) is 43.3 Å². The lowest BCUT2D eigenvalue weighted by atomic mass is 10.2. The second kappa shape index (κ2) is 8.17. The summed E-state index contributed by atoms with van der Waals surface area (Å²) in [5.41, 5.74) is 3.40. The molecule has 1 saturated heterocycles. The third-order valence-corrected chi connectivity index (χ3v) is 5.09. The number of piperazine rings is 1. The standard InChI is InChI=1S/C22H25N5O/c1-17-7-3-4-8-18(17)25-21-15-22(24-16-23-21)27-13-11-26(12-14-27)19-9-5-6-10-20(19)28-2/h3-10,15-16H,11-14H2,1-2H3,(H,23,24,25). The van der Waals surface area contributed by atoms with Crippen molar-refractivity contribution in [1.82, 2.24) is 9.97 Å². The maximum atomic E-state index is 5.51. The summed E-state index contributed by atoms with van der Waals surface area (Å²) in [4.78, 5) is 13.5. The molecule has 144 valence electrons. The van der Waals surface area contributed by atoms with E-state index in [0.29, 0.717) is 0 Å². The summed E-state index contributed by atoms with van der Waals surface area (Å²) >= 11 is 0. The first-order chi connectivity index (χ1) is 13.7. The Bertz CT molecular complexity index is 937. The topological polar surface area (TPSA) is 53.5 Å². The van der Waals surface area contributed by atoms with E-state index in [0.717, 1.165) is 54.9 Å². The highest BCUT2D eigenvalue weighted by molar-refractivity contribution is 5.63. The van der Waals surface area contributed by atoms with Gasteiger partial charge in [0.15, 0.2) is 0 Å². The van der Waals surface area contributed by atoms with Gasteiger partial charge >= 0.3 is 0 Å². The molecule has 3 aromatic rings. The molecule has 0 aliphatic carbocycles. The molecule has 1 fully saturated rings. The zero-order chi connectivity index (χ0) is 19.3. The molecule has 0 atom stereocenters. The second-order valence-electron chi connectivity index (χ2n) is 6.85. The number of hydrogen-bond donors (Lipinski definition) is 1. The Labute approximate surface area is 165 Å². The minimum absolute atomic E-state index is 0.812. The molecule has 0 saturated carbocycles. The average molecular weight is 375 g/mol. The minimum Gasteiger partial charge on any atom is -0.495 e. The maximum absolute atomic E-state index is 5.51. The minimum atomic E-state index is 0.812. The molecule has 0 spiro atoms. The Balaban J connectivity index is 1.44. The lowest BCUT2D eigenvalue weighted by molar-refractivity contribution is 0.413. The number of rotatable bonds is 5. The third-order valence-electron chi connectivity index (χ3n) is 5.09. The molecule has 2 aromatic carbocycles. The van der Waals surface area contributed by atoms with Gasteiger partial charge in [0.05, 0.1) is 12.8 Å². The smallest absolute Gasteiger partial charge is 0.142 e. The summed E-state index contributed by atoms with van der Waals surface area (Å²) in [5, 5.41) is 3.40. The highest BCUT2D eigenvalue weighted by Gasteiger charge is 2.20. The van der Waals surface area contributed by atoms with E-state index in [9.17, 15) is 0 Å². The number of nitrogens with one attached hydrogen (secondary N) is 1. The second-order valence-corrected chi connectivity index (χ2v) is 6.85. The number of hydrogen-bond acceptors (Lipinski definition) is 6. The molecule has 0 bridgehead atoms. The van der Waals surface area contributed by atoms with Crippen molar-refractivity contribution in [2.24, 2.45) is 0 Å². The summed E-state index contributed by atoms with van der Waals surface area (Å²) in [7, 11) is 1.72.